The van der Waals surface area contributed by atoms with E-state index in [1.807, 2.05) is 32.0 Å². The molecule has 8 nitrogen and oxygen atoms in total. The Bertz CT molecular complexity index is 1200. The number of nitro groups is 1. The average molecular weight is 440 g/mol. The molecule has 3 heterocycles. The summed E-state index contributed by atoms with van der Waals surface area (Å²) in [5, 5.41) is 17.9. The van der Waals surface area contributed by atoms with Crippen molar-refractivity contribution in [1.82, 2.24) is 9.97 Å². The van der Waals surface area contributed by atoms with Crippen molar-refractivity contribution in [3.05, 3.63) is 74.9 Å². The van der Waals surface area contributed by atoms with Crippen LogP contribution in [-0.4, -0.2) is 20.8 Å². The van der Waals surface area contributed by atoms with Crippen LogP contribution in [0, 0.1) is 17.0 Å². The maximum Gasteiger partial charge on any atom is 0.293 e. The first-order valence-corrected chi connectivity index (χ1v) is 10.7. The van der Waals surface area contributed by atoms with Gasteiger partial charge in [-0.3, -0.25) is 25.2 Å². The van der Waals surface area contributed by atoms with Crippen molar-refractivity contribution in [3.63, 3.8) is 0 Å². The van der Waals surface area contributed by atoms with E-state index in [1.54, 1.807) is 29.7 Å². The lowest BCUT2D eigenvalue weighted by molar-refractivity contribution is -0.384. The van der Waals surface area contributed by atoms with Gasteiger partial charge in [-0.2, -0.15) is 0 Å². The number of carbonyl (C=O) groups excluding carboxylic acids is 1. The second kappa shape index (κ2) is 8.17. The van der Waals surface area contributed by atoms with Crippen LogP contribution in [0.1, 0.15) is 33.9 Å². The first-order valence-electron chi connectivity index (χ1n) is 9.05. The van der Waals surface area contributed by atoms with Gasteiger partial charge in [0.1, 0.15) is 10.5 Å². The molecule has 0 saturated heterocycles. The van der Waals surface area contributed by atoms with Gasteiger partial charge in [0.05, 0.1) is 21.4 Å². The Hall–Kier alpha value is -3.37. The number of thiophene rings is 1. The maximum absolute atomic E-state index is 12.6. The van der Waals surface area contributed by atoms with E-state index in [2.05, 4.69) is 20.6 Å². The summed E-state index contributed by atoms with van der Waals surface area (Å²) in [6.07, 6.45) is 1.67. The van der Waals surface area contributed by atoms with Gasteiger partial charge in [-0.05, 0) is 44.2 Å². The lowest BCUT2D eigenvalue weighted by atomic mass is 10.1. The highest BCUT2D eigenvalue weighted by molar-refractivity contribution is 7.29. The highest BCUT2D eigenvalue weighted by Gasteiger charge is 2.20. The van der Waals surface area contributed by atoms with Gasteiger partial charge >= 0.3 is 0 Å². The summed E-state index contributed by atoms with van der Waals surface area (Å²) in [4.78, 5) is 34.4. The largest absolute Gasteiger partial charge is 0.371 e. The molecule has 4 aromatic rings. The van der Waals surface area contributed by atoms with Gasteiger partial charge in [-0.1, -0.05) is 17.4 Å². The monoisotopic (exact) mass is 439 g/mol. The van der Waals surface area contributed by atoms with Crippen LogP contribution in [0.15, 0.2) is 48.7 Å². The third kappa shape index (κ3) is 4.14. The van der Waals surface area contributed by atoms with Crippen LogP contribution < -0.4 is 10.6 Å². The molecule has 1 amide bonds. The number of nitrogens with zero attached hydrogens (tertiary/aromatic N) is 3. The first-order chi connectivity index (χ1) is 14.4. The van der Waals surface area contributed by atoms with Crippen molar-refractivity contribution in [1.29, 1.82) is 0 Å². The molecular formula is C20H17N5O3S2. The summed E-state index contributed by atoms with van der Waals surface area (Å²) in [5.41, 5.74) is 1.08. The highest BCUT2D eigenvalue weighted by atomic mass is 32.1. The van der Waals surface area contributed by atoms with Crippen molar-refractivity contribution in [2.75, 3.05) is 10.6 Å². The number of nitrogens with one attached hydrogen (secondary N) is 2. The second-order valence-electron chi connectivity index (χ2n) is 6.61. The number of aromatic nitrogens is 2. The van der Waals surface area contributed by atoms with Crippen LogP contribution in [0.4, 0.5) is 16.5 Å². The van der Waals surface area contributed by atoms with E-state index in [9.17, 15) is 14.9 Å². The molecule has 0 aliphatic rings. The lowest BCUT2D eigenvalue weighted by Crippen LogP contribution is -2.13. The van der Waals surface area contributed by atoms with Crippen molar-refractivity contribution in [2.24, 2.45) is 0 Å². The maximum atomic E-state index is 12.6. The zero-order valence-electron chi connectivity index (χ0n) is 16.1. The minimum Gasteiger partial charge on any atom is -0.371 e. The second-order valence-corrected chi connectivity index (χ2v) is 8.87. The lowest BCUT2D eigenvalue weighted by Gasteiger charge is -2.15. The molecule has 30 heavy (non-hydrogen) atoms. The van der Waals surface area contributed by atoms with Gasteiger partial charge in [0.15, 0.2) is 5.13 Å². The van der Waals surface area contributed by atoms with Gasteiger partial charge in [-0.15, -0.1) is 11.3 Å². The number of rotatable bonds is 6. The fourth-order valence-electron chi connectivity index (χ4n) is 2.96. The predicted octanol–water partition coefficient (Wildman–Crippen LogP) is 5.39. The minimum absolute atomic E-state index is 0.179. The third-order valence-electron chi connectivity index (χ3n) is 4.39. The number of carbonyl (C=O) groups is 1. The number of hydrogen-bond acceptors (Lipinski definition) is 8. The molecule has 0 bridgehead atoms. The Balaban J connectivity index is 1.55. The molecule has 0 radical (unpaired) electrons. The first kappa shape index (κ1) is 19.9. The zero-order valence-corrected chi connectivity index (χ0v) is 17.7. The van der Waals surface area contributed by atoms with Gasteiger partial charge < -0.3 is 5.32 Å². The fourth-order valence-corrected chi connectivity index (χ4v) is 4.98. The summed E-state index contributed by atoms with van der Waals surface area (Å²) in [5.74, 6) is -0.444. The smallest absolute Gasteiger partial charge is 0.293 e. The molecule has 0 unspecified atom stereocenters. The topological polar surface area (TPSA) is 110 Å². The van der Waals surface area contributed by atoms with Gasteiger partial charge in [0, 0.05) is 22.7 Å². The van der Waals surface area contributed by atoms with Crippen LogP contribution in [0.5, 0.6) is 0 Å². The Morgan fingerprint density at radius 2 is 2.03 bits per heavy atom. The average Bonchev–Trinajstić information content (AvgIpc) is 3.25. The molecule has 1 aromatic carbocycles. The molecule has 3 aromatic heterocycles. The molecule has 4 rings (SSSR count). The highest BCUT2D eigenvalue weighted by Crippen LogP contribution is 2.33. The number of pyridine rings is 1. The van der Waals surface area contributed by atoms with Gasteiger partial charge in [-0.25, -0.2) is 4.98 Å². The Morgan fingerprint density at radius 1 is 1.20 bits per heavy atom. The van der Waals surface area contributed by atoms with E-state index >= 15 is 0 Å². The molecule has 1 atom stereocenters. The molecule has 0 saturated carbocycles. The molecular weight excluding hydrogens is 422 g/mol. The summed E-state index contributed by atoms with van der Waals surface area (Å²) in [6, 6.07) is 11.6. The number of anilines is 2. The van der Waals surface area contributed by atoms with E-state index < -0.39 is 10.8 Å². The number of nitro benzene ring substituents is 1. The van der Waals surface area contributed by atoms with Crippen molar-refractivity contribution >= 4 is 54.6 Å². The van der Waals surface area contributed by atoms with Crippen molar-refractivity contribution in [3.8, 4) is 0 Å². The van der Waals surface area contributed by atoms with Crippen LogP contribution in [0.2, 0.25) is 0 Å². The van der Waals surface area contributed by atoms with E-state index in [1.165, 1.54) is 23.5 Å². The Labute approximate surface area is 179 Å². The van der Waals surface area contributed by atoms with E-state index in [0.29, 0.717) is 10.8 Å². The van der Waals surface area contributed by atoms with Crippen LogP contribution in [-0.2, 0) is 0 Å². The summed E-state index contributed by atoms with van der Waals surface area (Å²) in [7, 11) is 0. The van der Waals surface area contributed by atoms with E-state index in [0.717, 1.165) is 20.1 Å². The predicted molar refractivity (Wildman–Crippen MR) is 120 cm³/mol. The quantitative estimate of drug-likeness (QED) is 0.308. The summed E-state index contributed by atoms with van der Waals surface area (Å²) in [6.45, 7) is 3.86. The minimum atomic E-state index is -0.508. The molecule has 152 valence electrons. The SMILES string of the molecule is Cc1cc2sc(NC(=O)c3ccc(N[C@@H](C)c4ccccn4)c([N+](=O)[O-])c3)nc2s1. The number of benzene rings is 1. The number of amides is 1. The Morgan fingerprint density at radius 3 is 2.73 bits per heavy atom. The zero-order chi connectivity index (χ0) is 21.3. The third-order valence-corrected chi connectivity index (χ3v) is 6.38. The summed E-state index contributed by atoms with van der Waals surface area (Å²) >= 11 is 2.93. The molecule has 0 fully saturated rings. The number of fused-ring (bicyclic) bond motifs is 1. The molecule has 0 aliphatic carbocycles. The van der Waals surface area contributed by atoms with Crippen LogP contribution in [0.25, 0.3) is 9.53 Å². The summed E-state index contributed by atoms with van der Waals surface area (Å²) < 4.78 is 1.00. The Kier molecular flexibility index (Phi) is 5.42. The van der Waals surface area contributed by atoms with E-state index in [-0.39, 0.29) is 17.3 Å². The van der Waals surface area contributed by atoms with Crippen molar-refractivity contribution in [2.45, 2.75) is 19.9 Å². The number of aryl methyl sites for hydroxylation is 1. The molecule has 10 heteroatoms. The normalized spacial score (nSPS) is 11.9. The van der Waals surface area contributed by atoms with Gasteiger partial charge in [0.2, 0.25) is 0 Å². The van der Waals surface area contributed by atoms with Crippen LogP contribution >= 0.6 is 22.7 Å². The fraction of sp³-hybridized carbons (Fsp3) is 0.150. The molecule has 2 N–H and O–H groups in total. The number of hydrogen-bond donors (Lipinski definition) is 2. The standard InChI is InChI=1S/C20H17N5O3S2/c1-11-9-17-19(29-11)24-20(30-17)23-18(26)13-6-7-15(16(10-13)25(27)28)22-12(2)14-5-3-4-8-21-14/h3-10,12,22H,1-2H3,(H,23,24,26)/t12-/m0/s1. The molecule has 0 aliphatic heterocycles. The van der Waals surface area contributed by atoms with Crippen molar-refractivity contribution < 1.29 is 9.72 Å². The number of thiazole rings is 1. The van der Waals surface area contributed by atoms with Gasteiger partial charge in [0.25, 0.3) is 11.6 Å². The van der Waals surface area contributed by atoms with Crippen LogP contribution in [0.3, 0.4) is 0 Å². The van der Waals surface area contributed by atoms with E-state index in [4.69, 9.17) is 0 Å². The molecule has 0 spiro atoms.